The Balaban J connectivity index is 2.90. The minimum Gasteiger partial charge on any atom is -0.341 e. The third-order valence-corrected chi connectivity index (χ3v) is 2.07. The highest BCUT2D eigenvalue weighted by molar-refractivity contribution is 9.10. The molecule has 0 bridgehead atoms. The molecular weight excluding hydrogens is 206 g/mol. The van der Waals surface area contributed by atoms with Crippen molar-refractivity contribution in [3.8, 4) is 0 Å². The lowest BCUT2D eigenvalue weighted by molar-refractivity contribution is 1.17. The molecule has 56 valence electrons. The number of fused-ring (bicyclic) bond motifs is 1. The fourth-order valence-corrected chi connectivity index (χ4v) is 1.44. The van der Waals surface area contributed by atoms with Crippen molar-refractivity contribution in [2.75, 3.05) is 0 Å². The van der Waals surface area contributed by atoms with Gasteiger partial charge in [-0.3, -0.25) is 4.98 Å². The minimum atomic E-state index is 0.900. The monoisotopic (exact) mass is 211 g/mol. The number of aromatic nitrogens is 3. The van der Waals surface area contributed by atoms with Crippen LogP contribution in [0.1, 0.15) is 5.82 Å². The highest BCUT2D eigenvalue weighted by Crippen LogP contribution is 2.19. The number of halogens is 1. The van der Waals surface area contributed by atoms with Gasteiger partial charge in [-0.25, -0.2) is 4.98 Å². The lowest BCUT2D eigenvalue weighted by atomic mass is 10.4. The van der Waals surface area contributed by atoms with Crippen LogP contribution in [0.5, 0.6) is 0 Å². The summed E-state index contributed by atoms with van der Waals surface area (Å²) in [6.45, 7) is 1.92. The van der Waals surface area contributed by atoms with Crippen LogP contribution in [0.4, 0.5) is 0 Å². The number of aryl methyl sites for hydroxylation is 1. The molecule has 1 N–H and O–H groups in total. The SMILES string of the molecule is Cc1nc2cncc(Br)c2[nH]1. The van der Waals surface area contributed by atoms with Gasteiger partial charge < -0.3 is 4.98 Å². The molecular formula is C7H6BrN3. The number of pyridine rings is 1. The molecule has 0 saturated heterocycles. The van der Waals surface area contributed by atoms with Crippen LogP contribution < -0.4 is 0 Å². The van der Waals surface area contributed by atoms with E-state index in [1.165, 1.54) is 0 Å². The van der Waals surface area contributed by atoms with Crippen molar-refractivity contribution < 1.29 is 0 Å². The molecule has 0 aliphatic rings. The molecule has 2 heterocycles. The molecule has 0 amide bonds. The van der Waals surface area contributed by atoms with Gasteiger partial charge in [-0.1, -0.05) is 0 Å². The summed E-state index contributed by atoms with van der Waals surface area (Å²) in [6, 6.07) is 0. The van der Waals surface area contributed by atoms with E-state index in [0.29, 0.717) is 0 Å². The van der Waals surface area contributed by atoms with Crippen LogP contribution in [0.15, 0.2) is 16.9 Å². The van der Waals surface area contributed by atoms with Gasteiger partial charge in [0.25, 0.3) is 0 Å². The van der Waals surface area contributed by atoms with Crippen LogP contribution in [0.25, 0.3) is 11.0 Å². The number of imidazole rings is 1. The Labute approximate surface area is 72.0 Å². The summed E-state index contributed by atoms with van der Waals surface area (Å²) in [5, 5.41) is 0. The summed E-state index contributed by atoms with van der Waals surface area (Å²) in [7, 11) is 0. The van der Waals surface area contributed by atoms with Gasteiger partial charge in [-0.05, 0) is 22.9 Å². The Morgan fingerprint density at radius 3 is 3.00 bits per heavy atom. The minimum absolute atomic E-state index is 0.900. The standard InChI is InChI=1S/C7H6BrN3/c1-4-10-6-3-9-2-5(8)7(6)11-4/h2-3H,1H3,(H,10,11). The molecule has 0 saturated carbocycles. The Morgan fingerprint density at radius 2 is 2.27 bits per heavy atom. The summed E-state index contributed by atoms with van der Waals surface area (Å²) in [5.41, 5.74) is 1.91. The lowest BCUT2D eigenvalue weighted by Gasteiger charge is -1.88. The highest BCUT2D eigenvalue weighted by atomic mass is 79.9. The second-order valence-electron chi connectivity index (χ2n) is 2.34. The average Bonchev–Trinajstić information content (AvgIpc) is 2.31. The van der Waals surface area contributed by atoms with E-state index < -0.39 is 0 Å². The molecule has 0 aliphatic heterocycles. The zero-order valence-electron chi connectivity index (χ0n) is 5.93. The van der Waals surface area contributed by atoms with Crippen molar-refractivity contribution in [3.05, 3.63) is 22.7 Å². The van der Waals surface area contributed by atoms with E-state index in [4.69, 9.17) is 0 Å². The van der Waals surface area contributed by atoms with E-state index >= 15 is 0 Å². The lowest BCUT2D eigenvalue weighted by Crippen LogP contribution is -1.74. The quantitative estimate of drug-likeness (QED) is 0.725. The Hall–Kier alpha value is -0.900. The topological polar surface area (TPSA) is 41.6 Å². The van der Waals surface area contributed by atoms with Crippen molar-refractivity contribution in [1.29, 1.82) is 0 Å². The molecule has 0 atom stereocenters. The summed E-state index contributed by atoms with van der Waals surface area (Å²) < 4.78 is 0.954. The molecule has 2 aromatic heterocycles. The second kappa shape index (κ2) is 2.30. The van der Waals surface area contributed by atoms with E-state index in [-0.39, 0.29) is 0 Å². The molecule has 0 fully saturated rings. The normalized spacial score (nSPS) is 10.7. The summed E-state index contributed by atoms with van der Waals surface area (Å²) in [5.74, 6) is 0.911. The van der Waals surface area contributed by atoms with Crippen LogP contribution in [-0.4, -0.2) is 15.0 Å². The number of hydrogen-bond acceptors (Lipinski definition) is 2. The number of hydrogen-bond donors (Lipinski definition) is 1. The smallest absolute Gasteiger partial charge is 0.108 e. The maximum Gasteiger partial charge on any atom is 0.108 e. The van der Waals surface area contributed by atoms with Gasteiger partial charge in [0, 0.05) is 6.20 Å². The van der Waals surface area contributed by atoms with Crippen LogP contribution in [0, 0.1) is 6.92 Å². The number of nitrogens with one attached hydrogen (secondary N) is 1. The van der Waals surface area contributed by atoms with E-state index in [9.17, 15) is 0 Å². The van der Waals surface area contributed by atoms with Gasteiger partial charge in [0.05, 0.1) is 16.2 Å². The highest BCUT2D eigenvalue weighted by Gasteiger charge is 2.01. The predicted octanol–water partition coefficient (Wildman–Crippen LogP) is 2.03. The van der Waals surface area contributed by atoms with Crippen LogP contribution >= 0.6 is 15.9 Å². The first kappa shape index (κ1) is 6.79. The first-order valence-electron chi connectivity index (χ1n) is 3.23. The third-order valence-electron chi connectivity index (χ3n) is 1.47. The Morgan fingerprint density at radius 1 is 1.45 bits per heavy atom. The first-order chi connectivity index (χ1) is 5.27. The molecule has 0 spiro atoms. The van der Waals surface area contributed by atoms with Crippen molar-refractivity contribution in [1.82, 2.24) is 15.0 Å². The van der Waals surface area contributed by atoms with Gasteiger partial charge in [0.15, 0.2) is 0 Å². The first-order valence-corrected chi connectivity index (χ1v) is 4.02. The van der Waals surface area contributed by atoms with Gasteiger partial charge >= 0.3 is 0 Å². The van der Waals surface area contributed by atoms with E-state index in [2.05, 4.69) is 30.9 Å². The summed E-state index contributed by atoms with van der Waals surface area (Å²) in [4.78, 5) is 11.4. The van der Waals surface area contributed by atoms with Gasteiger partial charge in [0.2, 0.25) is 0 Å². The molecule has 2 rings (SSSR count). The number of H-pyrrole nitrogens is 1. The molecule has 2 aromatic rings. The Bertz CT molecular complexity index is 393. The summed E-state index contributed by atoms with van der Waals surface area (Å²) >= 11 is 3.38. The van der Waals surface area contributed by atoms with Crippen molar-refractivity contribution in [3.63, 3.8) is 0 Å². The van der Waals surface area contributed by atoms with Crippen LogP contribution in [-0.2, 0) is 0 Å². The predicted molar refractivity (Wildman–Crippen MR) is 46.3 cm³/mol. The fraction of sp³-hybridized carbons (Fsp3) is 0.143. The largest absolute Gasteiger partial charge is 0.341 e. The molecule has 0 radical (unpaired) electrons. The summed E-state index contributed by atoms with van der Waals surface area (Å²) in [6.07, 6.45) is 3.49. The molecule has 11 heavy (non-hydrogen) atoms. The van der Waals surface area contributed by atoms with E-state index in [0.717, 1.165) is 21.3 Å². The zero-order chi connectivity index (χ0) is 7.84. The molecule has 0 aliphatic carbocycles. The van der Waals surface area contributed by atoms with E-state index in [1.807, 2.05) is 6.92 Å². The third kappa shape index (κ3) is 1.03. The maximum atomic E-state index is 4.23. The Kier molecular flexibility index (Phi) is 1.42. The average molecular weight is 212 g/mol. The number of nitrogens with zero attached hydrogens (tertiary/aromatic N) is 2. The van der Waals surface area contributed by atoms with Crippen LogP contribution in [0.2, 0.25) is 0 Å². The van der Waals surface area contributed by atoms with Crippen molar-refractivity contribution >= 4 is 27.0 Å². The zero-order valence-corrected chi connectivity index (χ0v) is 7.51. The second-order valence-corrected chi connectivity index (χ2v) is 3.19. The van der Waals surface area contributed by atoms with Gasteiger partial charge in [-0.15, -0.1) is 0 Å². The van der Waals surface area contributed by atoms with Gasteiger partial charge in [0.1, 0.15) is 11.3 Å². The molecule has 3 nitrogen and oxygen atoms in total. The maximum absolute atomic E-state index is 4.23. The van der Waals surface area contributed by atoms with Crippen LogP contribution in [0.3, 0.4) is 0 Å². The van der Waals surface area contributed by atoms with Crippen molar-refractivity contribution in [2.45, 2.75) is 6.92 Å². The number of aromatic amines is 1. The number of rotatable bonds is 0. The van der Waals surface area contributed by atoms with Gasteiger partial charge in [-0.2, -0.15) is 0 Å². The van der Waals surface area contributed by atoms with Crippen molar-refractivity contribution in [2.24, 2.45) is 0 Å². The fourth-order valence-electron chi connectivity index (χ4n) is 1.02. The molecule has 4 heteroatoms. The molecule has 0 unspecified atom stereocenters. The molecule has 0 aromatic carbocycles. The van der Waals surface area contributed by atoms with E-state index in [1.54, 1.807) is 12.4 Å².